The van der Waals surface area contributed by atoms with Crippen molar-refractivity contribution in [2.75, 3.05) is 5.32 Å². The van der Waals surface area contributed by atoms with Crippen LogP contribution in [0.2, 0.25) is 0 Å². The number of aryl methyl sites for hydroxylation is 3. The predicted octanol–water partition coefficient (Wildman–Crippen LogP) is 3.31. The van der Waals surface area contributed by atoms with Crippen LogP contribution in [0, 0.1) is 25.2 Å². The summed E-state index contributed by atoms with van der Waals surface area (Å²) in [5.74, 6) is -0.521. The first kappa shape index (κ1) is 22.1. The molecule has 0 saturated carbocycles. The molecule has 0 unspecified atom stereocenters. The van der Waals surface area contributed by atoms with Crippen LogP contribution < -0.4 is 16.6 Å². The minimum absolute atomic E-state index is 0.179. The molecule has 7 nitrogen and oxygen atoms in total. The summed E-state index contributed by atoms with van der Waals surface area (Å²) in [7, 11) is 0. The summed E-state index contributed by atoms with van der Waals surface area (Å²) < 4.78 is 2.01. The first-order valence-electron chi connectivity index (χ1n) is 9.71. The average Bonchev–Trinajstić information content (AvgIpc) is 2.75. The average molecular weight is 435 g/mol. The molecule has 0 saturated heterocycles. The van der Waals surface area contributed by atoms with Crippen molar-refractivity contribution >= 4 is 23.4 Å². The zero-order valence-electron chi connectivity index (χ0n) is 17.5. The van der Waals surface area contributed by atoms with Crippen molar-refractivity contribution in [2.24, 2.45) is 0 Å². The molecule has 31 heavy (non-hydrogen) atoms. The van der Waals surface area contributed by atoms with Crippen molar-refractivity contribution in [1.82, 2.24) is 9.13 Å². The second kappa shape index (κ2) is 9.49. The Kier molecular flexibility index (Phi) is 6.78. The Morgan fingerprint density at radius 2 is 1.84 bits per heavy atom. The van der Waals surface area contributed by atoms with E-state index < -0.39 is 23.7 Å². The summed E-state index contributed by atoms with van der Waals surface area (Å²) in [6.07, 6.45) is 1.21. The first-order valence-corrected chi connectivity index (χ1v) is 10.5. The largest absolute Gasteiger partial charge is 0.331 e. The molecule has 1 heterocycles. The van der Waals surface area contributed by atoms with Gasteiger partial charge in [0.25, 0.3) is 5.56 Å². The van der Waals surface area contributed by atoms with Gasteiger partial charge in [0.05, 0.1) is 0 Å². The number of benzene rings is 2. The summed E-state index contributed by atoms with van der Waals surface area (Å²) in [4.78, 5) is 39.3. The zero-order chi connectivity index (χ0) is 22.5. The van der Waals surface area contributed by atoms with Crippen molar-refractivity contribution in [1.29, 1.82) is 5.26 Å². The van der Waals surface area contributed by atoms with E-state index in [0.29, 0.717) is 5.69 Å². The van der Waals surface area contributed by atoms with E-state index in [-0.39, 0.29) is 12.1 Å². The molecule has 1 aromatic heterocycles. The van der Waals surface area contributed by atoms with E-state index >= 15 is 0 Å². The highest BCUT2D eigenvalue weighted by molar-refractivity contribution is 7.99. The monoisotopic (exact) mass is 434 g/mol. The molecule has 2 aromatic carbocycles. The van der Waals surface area contributed by atoms with E-state index in [1.165, 1.54) is 26.8 Å². The quantitative estimate of drug-likeness (QED) is 0.642. The Bertz CT molecular complexity index is 1280. The molecule has 3 aromatic rings. The number of nitrogens with zero attached hydrogens (tertiary/aromatic N) is 3. The maximum absolute atomic E-state index is 12.4. The third kappa shape index (κ3) is 5.13. The summed E-state index contributed by atoms with van der Waals surface area (Å²) in [5.41, 5.74) is 1.36. The molecule has 0 atom stereocenters. The lowest BCUT2D eigenvalue weighted by molar-refractivity contribution is -0.116. The van der Waals surface area contributed by atoms with Crippen molar-refractivity contribution in [3.05, 3.63) is 86.2 Å². The van der Waals surface area contributed by atoms with Crippen LogP contribution in [-0.4, -0.2) is 15.0 Å². The molecule has 0 fully saturated rings. The number of amides is 1. The molecule has 0 bridgehead atoms. The van der Waals surface area contributed by atoms with Gasteiger partial charge in [-0.2, -0.15) is 5.26 Å². The third-order valence-corrected chi connectivity index (χ3v) is 5.88. The van der Waals surface area contributed by atoms with Gasteiger partial charge in [0, 0.05) is 28.2 Å². The second-order valence-corrected chi connectivity index (χ2v) is 8.17. The number of hydrogen-bond acceptors (Lipinski definition) is 5. The fraction of sp³-hybridized carbons (Fsp3) is 0.217. The van der Waals surface area contributed by atoms with E-state index in [9.17, 15) is 14.4 Å². The number of anilines is 1. The van der Waals surface area contributed by atoms with Gasteiger partial charge in [0.15, 0.2) is 0 Å². The van der Waals surface area contributed by atoms with Gasteiger partial charge in [-0.3, -0.25) is 14.2 Å². The lowest BCUT2D eigenvalue weighted by atomic mass is 10.2. The molecule has 0 spiro atoms. The van der Waals surface area contributed by atoms with Crippen LogP contribution in [0.4, 0.5) is 5.69 Å². The van der Waals surface area contributed by atoms with Gasteiger partial charge < -0.3 is 5.32 Å². The number of carbonyl (C=O) groups excluding carboxylic acids is 1. The Balaban J connectivity index is 1.74. The fourth-order valence-electron chi connectivity index (χ4n) is 2.99. The van der Waals surface area contributed by atoms with Crippen LogP contribution in [-0.2, 0) is 17.9 Å². The highest BCUT2D eigenvalue weighted by atomic mass is 32.2. The molecular formula is C23H22N4O3S. The smallest absolute Gasteiger partial charge is 0.325 e. The molecule has 0 aliphatic heterocycles. The van der Waals surface area contributed by atoms with E-state index in [1.807, 2.05) is 12.1 Å². The summed E-state index contributed by atoms with van der Waals surface area (Å²) in [6, 6.07) is 15.4. The Labute approximate surface area is 184 Å². The van der Waals surface area contributed by atoms with Crippen molar-refractivity contribution in [2.45, 2.75) is 43.7 Å². The summed E-state index contributed by atoms with van der Waals surface area (Å²) in [5, 5.41) is 11.8. The van der Waals surface area contributed by atoms with E-state index in [1.54, 1.807) is 36.9 Å². The number of nitriles is 1. The highest BCUT2D eigenvalue weighted by Crippen LogP contribution is 2.31. The minimum Gasteiger partial charge on any atom is -0.325 e. The molecule has 0 aliphatic rings. The SMILES string of the molecule is CCn1cc(C#N)c(=O)n(CC(=O)Nc2ccc(Sc3cc(C)ccc3C)cc2)c1=O. The van der Waals surface area contributed by atoms with Crippen molar-refractivity contribution in [3.63, 3.8) is 0 Å². The summed E-state index contributed by atoms with van der Waals surface area (Å²) >= 11 is 1.64. The number of carbonyl (C=O) groups is 1. The highest BCUT2D eigenvalue weighted by Gasteiger charge is 2.14. The number of aromatic nitrogens is 2. The standard InChI is InChI=1S/C23H22N4O3S/c1-4-26-13-17(12-24)22(29)27(23(26)30)14-21(28)25-18-7-9-19(10-8-18)31-20-11-15(2)5-6-16(20)3/h5-11,13H,4,14H2,1-3H3,(H,25,28). The predicted molar refractivity (Wildman–Crippen MR) is 120 cm³/mol. The topological polar surface area (TPSA) is 96.9 Å². The molecule has 8 heteroatoms. The van der Waals surface area contributed by atoms with Crippen LogP contribution >= 0.6 is 11.8 Å². The molecule has 0 aliphatic carbocycles. The lowest BCUT2D eigenvalue weighted by Gasteiger charge is -2.11. The molecular weight excluding hydrogens is 412 g/mol. The lowest BCUT2D eigenvalue weighted by Crippen LogP contribution is -2.43. The summed E-state index contributed by atoms with van der Waals surface area (Å²) in [6.45, 7) is 5.65. The number of rotatable bonds is 6. The van der Waals surface area contributed by atoms with Crippen molar-refractivity contribution < 1.29 is 4.79 Å². The van der Waals surface area contributed by atoms with Crippen LogP contribution in [0.3, 0.4) is 0 Å². The van der Waals surface area contributed by atoms with Gasteiger partial charge in [0.2, 0.25) is 5.91 Å². The van der Waals surface area contributed by atoms with Gasteiger partial charge in [-0.25, -0.2) is 9.36 Å². The Hall–Kier alpha value is -3.57. The number of hydrogen-bond donors (Lipinski definition) is 1. The number of nitrogens with one attached hydrogen (secondary N) is 1. The first-order chi connectivity index (χ1) is 14.8. The molecule has 0 radical (unpaired) electrons. The normalized spacial score (nSPS) is 10.5. The Morgan fingerprint density at radius 1 is 1.13 bits per heavy atom. The molecule has 1 amide bonds. The Morgan fingerprint density at radius 3 is 2.48 bits per heavy atom. The van der Waals surface area contributed by atoms with E-state index in [4.69, 9.17) is 5.26 Å². The molecule has 158 valence electrons. The van der Waals surface area contributed by atoms with Gasteiger partial charge in [-0.1, -0.05) is 23.9 Å². The van der Waals surface area contributed by atoms with E-state index in [0.717, 1.165) is 9.46 Å². The van der Waals surface area contributed by atoms with Crippen LogP contribution in [0.5, 0.6) is 0 Å². The van der Waals surface area contributed by atoms with Gasteiger partial charge in [0.1, 0.15) is 18.2 Å². The molecule has 3 rings (SSSR count). The van der Waals surface area contributed by atoms with Crippen molar-refractivity contribution in [3.8, 4) is 6.07 Å². The van der Waals surface area contributed by atoms with Crippen LogP contribution in [0.25, 0.3) is 0 Å². The van der Waals surface area contributed by atoms with E-state index in [2.05, 4.69) is 37.4 Å². The van der Waals surface area contributed by atoms with Crippen LogP contribution in [0.15, 0.2) is 68.0 Å². The fourth-order valence-corrected chi connectivity index (χ4v) is 3.99. The van der Waals surface area contributed by atoms with Gasteiger partial charge in [-0.15, -0.1) is 0 Å². The molecule has 1 N–H and O–H groups in total. The third-order valence-electron chi connectivity index (χ3n) is 4.71. The minimum atomic E-state index is -0.771. The second-order valence-electron chi connectivity index (χ2n) is 7.06. The van der Waals surface area contributed by atoms with Gasteiger partial charge >= 0.3 is 5.69 Å². The maximum Gasteiger partial charge on any atom is 0.331 e. The van der Waals surface area contributed by atoms with Gasteiger partial charge in [-0.05, 0) is 62.2 Å². The maximum atomic E-state index is 12.4. The van der Waals surface area contributed by atoms with Crippen LogP contribution in [0.1, 0.15) is 23.6 Å². The zero-order valence-corrected chi connectivity index (χ0v) is 18.3.